The summed E-state index contributed by atoms with van der Waals surface area (Å²) in [7, 11) is 0. The molecule has 0 saturated heterocycles. The minimum atomic E-state index is 0.417. The molecule has 1 aromatic heterocycles. The van der Waals surface area contributed by atoms with Gasteiger partial charge in [0.25, 0.3) is 0 Å². The summed E-state index contributed by atoms with van der Waals surface area (Å²) in [4.78, 5) is 0. The second kappa shape index (κ2) is 4.93. The monoisotopic (exact) mass is 249 g/mol. The molecule has 3 rings (SSSR count). The summed E-state index contributed by atoms with van der Waals surface area (Å²) >= 11 is 0. The lowest BCUT2D eigenvalue weighted by molar-refractivity contribution is 0.585. The van der Waals surface area contributed by atoms with Crippen molar-refractivity contribution in [2.75, 3.05) is 0 Å². The van der Waals surface area contributed by atoms with Crippen LogP contribution in [0.4, 0.5) is 0 Å². The molecule has 0 aliphatic rings. The normalized spacial score (nSPS) is 12.7. The molecule has 1 unspecified atom stereocenters. The molecule has 96 valence electrons. The third-order valence-corrected chi connectivity index (χ3v) is 3.81. The number of hydrogen-bond acceptors (Lipinski definition) is 0. The van der Waals surface area contributed by atoms with E-state index in [0.29, 0.717) is 6.04 Å². The summed E-state index contributed by atoms with van der Waals surface area (Å²) in [5.74, 6) is 0. The maximum atomic E-state index is 2.39. The van der Waals surface area contributed by atoms with Gasteiger partial charge in [-0.2, -0.15) is 0 Å². The average Bonchev–Trinajstić information content (AvgIpc) is 2.86. The van der Waals surface area contributed by atoms with Gasteiger partial charge in [0, 0.05) is 11.7 Å². The van der Waals surface area contributed by atoms with Crippen LogP contribution in [0.25, 0.3) is 10.9 Å². The number of hydrogen-bond donors (Lipinski definition) is 0. The number of aromatic nitrogens is 1. The van der Waals surface area contributed by atoms with Gasteiger partial charge in [0.15, 0.2) is 0 Å². The highest BCUT2D eigenvalue weighted by atomic mass is 15.0. The summed E-state index contributed by atoms with van der Waals surface area (Å²) in [6, 6.07) is 20.1. The lowest BCUT2D eigenvalue weighted by atomic mass is 10.0. The Kier molecular flexibility index (Phi) is 3.12. The van der Waals surface area contributed by atoms with E-state index in [0.717, 1.165) is 6.42 Å². The highest BCUT2D eigenvalue weighted by Gasteiger charge is 2.13. The maximum Gasteiger partial charge on any atom is 0.0583 e. The Morgan fingerprint density at radius 3 is 2.42 bits per heavy atom. The van der Waals surface area contributed by atoms with E-state index in [-0.39, 0.29) is 0 Å². The molecule has 0 aliphatic heterocycles. The minimum absolute atomic E-state index is 0.417. The number of aryl methyl sites for hydroxylation is 1. The molecule has 0 spiro atoms. The zero-order valence-electron chi connectivity index (χ0n) is 11.5. The SMILES string of the molecule is CCC(c1ccc(C)cc1)n1ccc2ccccc21. The second-order valence-electron chi connectivity index (χ2n) is 5.12. The molecule has 0 N–H and O–H groups in total. The van der Waals surface area contributed by atoms with Crippen molar-refractivity contribution in [2.45, 2.75) is 26.3 Å². The van der Waals surface area contributed by atoms with Crippen molar-refractivity contribution in [3.63, 3.8) is 0 Å². The van der Waals surface area contributed by atoms with E-state index in [1.165, 1.54) is 22.0 Å². The van der Waals surface area contributed by atoms with Gasteiger partial charge in [-0.1, -0.05) is 55.0 Å². The predicted octanol–water partition coefficient (Wildman–Crippen LogP) is 4.95. The van der Waals surface area contributed by atoms with Crippen molar-refractivity contribution in [2.24, 2.45) is 0 Å². The number of fused-ring (bicyclic) bond motifs is 1. The molecular formula is C18H19N. The van der Waals surface area contributed by atoms with Crippen molar-refractivity contribution < 1.29 is 0 Å². The van der Waals surface area contributed by atoms with Crippen LogP contribution < -0.4 is 0 Å². The van der Waals surface area contributed by atoms with Gasteiger partial charge in [-0.25, -0.2) is 0 Å². The first kappa shape index (κ1) is 12.0. The quantitative estimate of drug-likeness (QED) is 0.619. The Morgan fingerprint density at radius 2 is 1.68 bits per heavy atom. The smallest absolute Gasteiger partial charge is 0.0583 e. The van der Waals surface area contributed by atoms with Crippen LogP contribution in [0.5, 0.6) is 0 Å². The van der Waals surface area contributed by atoms with Crippen LogP contribution in [0.15, 0.2) is 60.8 Å². The van der Waals surface area contributed by atoms with Gasteiger partial charge < -0.3 is 4.57 Å². The number of rotatable bonds is 3. The predicted molar refractivity (Wildman–Crippen MR) is 81.5 cm³/mol. The summed E-state index contributed by atoms with van der Waals surface area (Å²) in [6.45, 7) is 4.38. The summed E-state index contributed by atoms with van der Waals surface area (Å²) in [5, 5.41) is 1.31. The zero-order valence-corrected chi connectivity index (χ0v) is 11.5. The topological polar surface area (TPSA) is 4.93 Å². The van der Waals surface area contributed by atoms with Crippen LogP contribution >= 0.6 is 0 Å². The standard InChI is InChI=1S/C18H19N/c1-3-17(16-10-8-14(2)9-11-16)19-13-12-15-6-4-5-7-18(15)19/h4-13,17H,3H2,1-2H3. The van der Waals surface area contributed by atoms with Crippen molar-refractivity contribution in [1.82, 2.24) is 4.57 Å². The van der Waals surface area contributed by atoms with Crippen LogP contribution in [0.2, 0.25) is 0 Å². The van der Waals surface area contributed by atoms with E-state index < -0.39 is 0 Å². The molecule has 0 radical (unpaired) electrons. The summed E-state index contributed by atoms with van der Waals surface area (Å²) in [5.41, 5.74) is 4.01. The van der Waals surface area contributed by atoms with Crippen LogP contribution in [0, 0.1) is 6.92 Å². The van der Waals surface area contributed by atoms with Crippen LogP contribution in [0.1, 0.15) is 30.5 Å². The Labute approximate surface area is 114 Å². The molecule has 1 atom stereocenters. The van der Waals surface area contributed by atoms with Crippen LogP contribution in [0.3, 0.4) is 0 Å². The van der Waals surface area contributed by atoms with Gasteiger partial charge >= 0.3 is 0 Å². The van der Waals surface area contributed by atoms with E-state index in [1.54, 1.807) is 0 Å². The molecule has 0 amide bonds. The molecular weight excluding hydrogens is 230 g/mol. The van der Waals surface area contributed by atoms with Crippen molar-refractivity contribution in [3.8, 4) is 0 Å². The molecule has 0 saturated carbocycles. The summed E-state index contributed by atoms with van der Waals surface area (Å²) < 4.78 is 2.39. The minimum Gasteiger partial charge on any atom is -0.340 e. The summed E-state index contributed by atoms with van der Waals surface area (Å²) in [6.07, 6.45) is 3.31. The molecule has 1 nitrogen and oxygen atoms in total. The Morgan fingerprint density at radius 1 is 0.947 bits per heavy atom. The fourth-order valence-electron chi connectivity index (χ4n) is 2.76. The van der Waals surface area contributed by atoms with Gasteiger partial charge in [0.05, 0.1) is 6.04 Å². The van der Waals surface area contributed by atoms with E-state index in [4.69, 9.17) is 0 Å². The van der Waals surface area contributed by atoms with E-state index in [1.807, 2.05) is 0 Å². The fourth-order valence-corrected chi connectivity index (χ4v) is 2.76. The van der Waals surface area contributed by atoms with E-state index in [9.17, 15) is 0 Å². The van der Waals surface area contributed by atoms with Crippen LogP contribution in [-0.2, 0) is 0 Å². The van der Waals surface area contributed by atoms with E-state index >= 15 is 0 Å². The lowest BCUT2D eigenvalue weighted by Crippen LogP contribution is -2.08. The molecule has 1 heterocycles. The highest BCUT2D eigenvalue weighted by molar-refractivity contribution is 5.80. The van der Waals surface area contributed by atoms with Gasteiger partial charge in [0.1, 0.15) is 0 Å². The molecule has 1 heteroatoms. The largest absolute Gasteiger partial charge is 0.340 e. The fraction of sp³-hybridized carbons (Fsp3) is 0.222. The Hall–Kier alpha value is -2.02. The second-order valence-corrected chi connectivity index (χ2v) is 5.12. The van der Waals surface area contributed by atoms with Crippen LogP contribution in [-0.4, -0.2) is 4.57 Å². The molecule has 0 bridgehead atoms. The van der Waals surface area contributed by atoms with Crippen molar-refractivity contribution >= 4 is 10.9 Å². The third kappa shape index (κ3) is 2.17. The Bertz CT molecular complexity index is 676. The van der Waals surface area contributed by atoms with Gasteiger partial charge in [-0.05, 0) is 36.4 Å². The van der Waals surface area contributed by atoms with E-state index in [2.05, 4.69) is 79.2 Å². The zero-order chi connectivity index (χ0) is 13.2. The first-order chi connectivity index (χ1) is 9.29. The third-order valence-electron chi connectivity index (χ3n) is 3.81. The van der Waals surface area contributed by atoms with Crippen molar-refractivity contribution in [1.29, 1.82) is 0 Å². The maximum absolute atomic E-state index is 2.39. The van der Waals surface area contributed by atoms with Gasteiger partial charge in [-0.3, -0.25) is 0 Å². The molecule has 0 aliphatic carbocycles. The lowest BCUT2D eigenvalue weighted by Gasteiger charge is -2.19. The first-order valence-electron chi connectivity index (χ1n) is 6.91. The molecule has 19 heavy (non-hydrogen) atoms. The average molecular weight is 249 g/mol. The number of benzene rings is 2. The molecule has 2 aromatic carbocycles. The van der Waals surface area contributed by atoms with Gasteiger partial charge in [-0.15, -0.1) is 0 Å². The first-order valence-corrected chi connectivity index (χ1v) is 6.91. The van der Waals surface area contributed by atoms with Gasteiger partial charge in [0.2, 0.25) is 0 Å². The Balaban J connectivity index is 2.09. The molecule has 0 fully saturated rings. The van der Waals surface area contributed by atoms with Crippen molar-refractivity contribution in [3.05, 3.63) is 71.9 Å². The molecule has 3 aromatic rings. The number of nitrogens with zero attached hydrogens (tertiary/aromatic N) is 1. The highest BCUT2D eigenvalue weighted by Crippen LogP contribution is 2.27. The number of para-hydroxylation sites is 1.